The summed E-state index contributed by atoms with van der Waals surface area (Å²) in [5.41, 5.74) is 4.73. The van der Waals surface area contributed by atoms with E-state index in [0.717, 1.165) is 54.4 Å². The molecule has 27 heavy (non-hydrogen) atoms. The second-order valence-corrected chi connectivity index (χ2v) is 6.82. The standard InChI is InChI=1S/C23H33N3O/c1-7-25(8-2)19-13-11-18(12-14-19)23(27)21-16-15-20(26(9-3)10-4)17-22(21)24(5)6/h11-17H,7-10H2,1-6H3. The second kappa shape index (κ2) is 9.45. The molecule has 0 aromatic heterocycles. The molecule has 0 amide bonds. The fraction of sp³-hybridized carbons (Fsp3) is 0.435. The molecule has 2 aromatic rings. The van der Waals surface area contributed by atoms with Gasteiger partial charge in [0.2, 0.25) is 0 Å². The summed E-state index contributed by atoms with van der Waals surface area (Å²) in [5.74, 6) is 0.0656. The summed E-state index contributed by atoms with van der Waals surface area (Å²) < 4.78 is 0. The molecule has 0 atom stereocenters. The SMILES string of the molecule is CCN(CC)c1ccc(C(=O)c2ccc(N(CC)CC)cc2N(C)C)cc1. The van der Waals surface area contributed by atoms with Crippen molar-refractivity contribution in [3.8, 4) is 0 Å². The number of hydrogen-bond donors (Lipinski definition) is 0. The highest BCUT2D eigenvalue weighted by Gasteiger charge is 2.17. The van der Waals surface area contributed by atoms with Crippen LogP contribution in [0.4, 0.5) is 17.1 Å². The number of nitrogens with zero attached hydrogens (tertiary/aromatic N) is 3. The summed E-state index contributed by atoms with van der Waals surface area (Å²) in [4.78, 5) is 19.7. The maximum atomic E-state index is 13.2. The Morgan fingerprint density at radius 1 is 0.741 bits per heavy atom. The first-order chi connectivity index (χ1) is 13.0. The molecule has 0 N–H and O–H groups in total. The maximum Gasteiger partial charge on any atom is 0.195 e. The van der Waals surface area contributed by atoms with Crippen molar-refractivity contribution in [2.75, 3.05) is 55.0 Å². The third-order valence-corrected chi connectivity index (χ3v) is 5.09. The molecule has 0 aliphatic carbocycles. The molecule has 0 bridgehead atoms. The third kappa shape index (κ3) is 4.62. The van der Waals surface area contributed by atoms with Crippen LogP contribution in [0.2, 0.25) is 0 Å². The van der Waals surface area contributed by atoms with Gasteiger partial charge in [0.15, 0.2) is 5.78 Å². The largest absolute Gasteiger partial charge is 0.377 e. The molecule has 4 heteroatoms. The van der Waals surface area contributed by atoms with Gasteiger partial charge in [-0.15, -0.1) is 0 Å². The highest BCUT2D eigenvalue weighted by atomic mass is 16.1. The number of benzene rings is 2. The molecule has 146 valence electrons. The minimum absolute atomic E-state index is 0.0656. The monoisotopic (exact) mass is 367 g/mol. The van der Waals surface area contributed by atoms with Crippen molar-refractivity contribution in [2.45, 2.75) is 27.7 Å². The summed E-state index contributed by atoms with van der Waals surface area (Å²) in [7, 11) is 3.98. The van der Waals surface area contributed by atoms with Gasteiger partial charge in [0.25, 0.3) is 0 Å². The molecule has 0 aliphatic rings. The second-order valence-electron chi connectivity index (χ2n) is 6.82. The summed E-state index contributed by atoms with van der Waals surface area (Å²) in [6.07, 6.45) is 0. The van der Waals surface area contributed by atoms with Crippen molar-refractivity contribution in [3.05, 3.63) is 53.6 Å². The lowest BCUT2D eigenvalue weighted by Gasteiger charge is -2.25. The maximum absolute atomic E-state index is 13.2. The van der Waals surface area contributed by atoms with Crippen molar-refractivity contribution >= 4 is 22.8 Å². The van der Waals surface area contributed by atoms with Gasteiger partial charge in [0.05, 0.1) is 0 Å². The Morgan fingerprint density at radius 3 is 1.70 bits per heavy atom. The summed E-state index contributed by atoms with van der Waals surface area (Å²) >= 11 is 0. The fourth-order valence-electron chi connectivity index (χ4n) is 3.44. The molecule has 0 fully saturated rings. The van der Waals surface area contributed by atoms with E-state index in [1.807, 2.05) is 49.3 Å². The van der Waals surface area contributed by atoms with Crippen LogP contribution in [-0.2, 0) is 0 Å². The van der Waals surface area contributed by atoms with E-state index in [-0.39, 0.29) is 5.78 Å². The highest BCUT2D eigenvalue weighted by molar-refractivity contribution is 6.12. The van der Waals surface area contributed by atoms with Crippen LogP contribution in [0.5, 0.6) is 0 Å². The number of anilines is 3. The molecule has 4 nitrogen and oxygen atoms in total. The van der Waals surface area contributed by atoms with Gasteiger partial charge in [-0.1, -0.05) is 0 Å². The minimum atomic E-state index is 0.0656. The number of hydrogen-bond acceptors (Lipinski definition) is 4. The van der Waals surface area contributed by atoms with Gasteiger partial charge in [-0.2, -0.15) is 0 Å². The van der Waals surface area contributed by atoms with Gasteiger partial charge in [-0.25, -0.2) is 0 Å². The normalized spacial score (nSPS) is 10.6. The number of carbonyl (C=O) groups is 1. The lowest BCUT2D eigenvalue weighted by atomic mass is 10.00. The molecule has 0 heterocycles. The van der Waals surface area contributed by atoms with Gasteiger partial charge in [0, 0.05) is 68.5 Å². The molecule has 0 aliphatic heterocycles. The highest BCUT2D eigenvalue weighted by Crippen LogP contribution is 2.28. The summed E-state index contributed by atoms with van der Waals surface area (Å²) in [6, 6.07) is 14.1. The molecular formula is C23H33N3O. The van der Waals surface area contributed by atoms with E-state index in [1.54, 1.807) is 0 Å². The van der Waals surface area contributed by atoms with Crippen molar-refractivity contribution in [3.63, 3.8) is 0 Å². The van der Waals surface area contributed by atoms with E-state index < -0.39 is 0 Å². The average Bonchev–Trinajstić information content (AvgIpc) is 2.69. The van der Waals surface area contributed by atoms with Gasteiger partial charge in [0.1, 0.15) is 0 Å². The Balaban J connectivity index is 2.37. The quantitative estimate of drug-likeness (QED) is 0.602. The third-order valence-electron chi connectivity index (χ3n) is 5.09. The first kappa shape index (κ1) is 20.8. The zero-order valence-corrected chi connectivity index (χ0v) is 17.6. The Bertz CT molecular complexity index is 745. The topological polar surface area (TPSA) is 26.8 Å². The van der Waals surface area contributed by atoms with Gasteiger partial charge >= 0.3 is 0 Å². The number of carbonyl (C=O) groups excluding carboxylic acids is 1. The van der Waals surface area contributed by atoms with Crippen molar-refractivity contribution in [1.82, 2.24) is 0 Å². The van der Waals surface area contributed by atoms with E-state index in [9.17, 15) is 4.79 Å². The predicted molar refractivity (Wildman–Crippen MR) is 118 cm³/mol. The summed E-state index contributed by atoms with van der Waals surface area (Å²) in [5, 5.41) is 0. The van der Waals surface area contributed by atoms with Crippen molar-refractivity contribution in [1.29, 1.82) is 0 Å². The fourth-order valence-corrected chi connectivity index (χ4v) is 3.44. The average molecular weight is 368 g/mol. The van der Waals surface area contributed by atoms with E-state index in [0.29, 0.717) is 0 Å². The molecule has 0 saturated carbocycles. The van der Waals surface area contributed by atoms with Crippen molar-refractivity contribution < 1.29 is 4.79 Å². The zero-order chi connectivity index (χ0) is 20.0. The Labute approximate surface area is 164 Å². The molecule has 0 radical (unpaired) electrons. The van der Waals surface area contributed by atoms with Crippen LogP contribution in [0.15, 0.2) is 42.5 Å². The Morgan fingerprint density at radius 2 is 1.22 bits per heavy atom. The first-order valence-corrected chi connectivity index (χ1v) is 9.92. The van der Waals surface area contributed by atoms with Crippen LogP contribution in [0.3, 0.4) is 0 Å². The molecule has 0 spiro atoms. The smallest absolute Gasteiger partial charge is 0.195 e. The number of ketones is 1. The molecule has 0 saturated heterocycles. The zero-order valence-electron chi connectivity index (χ0n) is 17.6. The molecule has 0 unspecified atom stereocenters. The van der Waals surface area contributed by atoms with E-state index in [2.05, 4.69) is 49.6 Å². The molecular weight excluding hydrogens is 334 g/mol. The Kier molecular flexibility index (Phi) is 7.28. The van der Waals surface area contributed by atoms with Crippen LogP contribution in [0, 0.1) is 0 Å². The van der Waals surface area contributed by atoms with Crippen LogP contribution >= 0.6 is 0 Å². The van der Waals surface area contributed by atoms with Gasteiger partial charge < -0.3 is 14.7 Å². The summed E-state index contributed by atoms with van der Waals surface area (Å²) in [6.45, 7) is 12.4. The lowest BCUT2D eigenvalue weighted by Crippen LogP contribution is -2.23. The Hall–Kier alpha value is -2.49. The minimum Gasteiger partial charge on any atom is -0.377 e. The van der Waals surface area contributed by atoms with Gasteiger partial charge in [-0.3, -0.25) is 4.79 Å². The molecule has 2 rings (SSSR count). The number of rotatable bonds is 9. The van der Waals surface area contributed by atoms with E-state index in [4.69, 9.17) is 0 Å². The first-order valence-electron chi connectivity index (χ1n) is 9.92. The van der Waals surface area contributed by atoms with Crippen LogP contribution in [-0.4, -0.2) is 46.1 Å². The van der Waals surface area contributed by atoms with E-state index in [1.165, 1.54) is 0 Å². The van der Waals surface area contributed by atoms with Gasteiger partial charge in [-0.05, 0) is 70.2 Å². The van der Waals surface area contributed by atoms with Crippen LogP contribution < -0.4 is 14.7 Å². The van der Waals surface area contributed by atoms with Crippen LogP contribution in [0.25, 0.3) is 0 Å². The predicted octanol–water partition coefficient (Wildman–Crippen LogP) is 4.68. The van der Waals surface area contributed by atoms with E-state index >= 15 is 0 Å². The lowest BCUT2D eigenvalue weighted by molar-refractivity contribution is 0.103. The molecule has 2 aromatic carbocycles. The van der Waals surface area contributed by atoms with Crippen LogP contribution in [0.1, 0.15) is 43.6 Å². The van der Waals surface area contributed by atoms with Crippen molar-refractivity contribution in [2.24, 2.45) is 0 Å².